The largest absolute Gasteiger partial charge is 0.311 e. The summed E-state index contributed by atoms with van der Waals surface area (Å²) in [4.78, 5) is 17.5. The normalized spacial score (nSPS) is 20.7. The number of amides is 1. The first-order valence-corrected chi connectivity index (χ1v) is 10.2. The van der Waals surface area contributed by atoms with Crippen LogP contribution in [0.3, 0.4) is 0 Å². The predicted octanol–water partition coefficient (Wildman–Crippen LogP) is 3.73. The number of hydrogen-bond donors (Lipinski definition) is 1. The van der Waals surface area contributed by atoms with Crippen molar-refractivity contribution < 1.29 is 4.79 Å². The summed E-state index contributed by atoms with van der Waals surface area (Å²) in [5.41, 5.74) is 2.26. The summed E-state index contributed by atoms with van der Waals surface area (Å²) in [6, 6.07) is 4.47. The maximum absolute atomic E-state index is 12.3. The van der Waals surface area contributed by atoms with Gasteiger partial charge in [0.05, 0.1) is 5.69 Å². The van der Waals surface area contributed by atoms with Crippen molar-refractivity contribution in [3.63, 3.8) is 0 Å². The molecule has 1 fully saturated rings. The number of nitrogens with one attached hydrogen (secondary N) is 1. The second kappa shape index (κ2) is 6.92. The molecule has 2 aliphatic heterocycles. The molecular formula is C19H26N4OS. The third-order valence-electron chi connectivity index (χ3n) is 5.21. The van der Waals surface area contributed by atoms with Crippen LogP contribution in [0.1, 0.15) is 59.5 Å². The molecule has 0 spiro atoms. The highest BCUT2D eigenvalue weighted by atomic mass is 32.1. The van der Waals surface area contributed by atoms with E-state index in [-0.39, 0.29) is 11.8 Å². The lowest BCUT2D eigenvalue weighted by atomic mass is 9.91. The lowest BCUT2D eigenvalue weighted by Crippen LogP contribution is -2.24. The SMILES string of the molecule is CCCn1nc(C)c2c1NC(=O)C[C@H]2c1ccc(CN2CCCC2)s1. The Morgan fingerprint density at radius 2 is 2.12 bits per heavy atom. The van der Waals surface area contributed by atoms with Gasteiger partial charge in [-0.15, -0.1) is 11.3 Å². The van der Waals surface area contributed by atoms with E-state index in [1.165, 1.54) is 41.2 Å². The van der Waals surface area contributed by atoms with Crippen molar-refractivity contribution in [1.29, 1.82) is 0 Å². The zero-order chi connectivity index (χ0) is 17.4. The lowest BCUT2D eigenvalue weighted by Gasteiger charge is -2.23. The zero-order valence-electron chi connectivity index (χ0n) is 15.0. The fourth-order valence-electron chi connectivity index (χ4n) is 4.06. The number of likely N-dealkylation sites (tertiary alicyclic amines) is 1. The van der Waals surface area contributed by atoms with Crippen molar-refractivity contribution in [2.24, 2.45) is 0 Å². The Balaban J connectivity index is 1.63. The minimum absolute atomic E-state index is 0.101. The van der Waals surface area contributed by atoms with Crippen molar-refractivity contribution in [3.05, 3.63) is 33.1 Å². The van der Waals surface area contributed by atoms with E-state index in [0.717, 1.165) is 31.0 Å². The molecule has 2 aromatic rings. The number of rotatable bonds is 5. The molecule has 5 nitrogen and oxygen atoms in total. The zero-order valence-corrected chi connectivity index (χ0v) is 15.9. The Bertz CT molecular complexity index is 772. The highest BCUT2D eigenvalue weighted by Gasteiger charge is 2.33. The number of carbonyl (C=O) groups is 1. The molecule has 134 valence electrons. The van der Waals surface area contributed by atoms with Crippen molar-refractivity contribution in [3.8, 4) is 0 Å². The number of aryl methyl sites for hydroxylation is 2. The van der Waals surface area contributed by atoms with Crippen LogP contribution in [0.15, 0.2) is 12.1 Å². The lowest BCUT2D eigenvalue weighted by molar-refractivity contribution is -0.116. The van der Waals surface area contributed by atoms with Crippen molar-refractivity contribution in [2.45, 2.75) is 58.5 Å². The van der Waals surface area contributed by atoms with Gasteiger partial charge in [-0.2, -0.15) is 5.10 Å². The minimum atomic E-state index is 0.101. The number of anilines is 1. The smallest absolute Gasteiger partial charge is 0.226 e. The number of hydrogen-bond acceptors (Lipinski definition) is 4. The van der Waals surface area contributed by atoms with Gasteiger partial charge in [0, 0.05) is 40.7 Å². The maximum atomic E-state index is 12.3. The molecule has 0 unspecified atom stereocenters. The quantitative estimate of drug-likeness (QED) is 0.886. The number of fused-ring (bicyclic) bond motifs is 1. The van der Waals surface area contributed by atoms with Crippen LogP contribution in [0.4, 0.5) is 5.82 Å². The third-order valence-corrected chi connectivity index (χ3v) is 6.39. The van der Waals surface area contributed by atoms with Crippen molar-refractivity contribution in [1.82, 2.24) is 14.7 Å². The summed E-state index contributed by atoms with van der Waals surface area (Å²) in [6.45, 7) is 8.51. The van der Waals surface area contributed by atoms with Crippen LogP contribution in [0.2, 0.25) is 0 Å². The van der Waals surface area contributed by atoms with Crippen LogP contribution in [0.5, 0.6) is 0 Å². The summed E-state index contributed by atoms with van der Waals surface area (Å²) in [7, 11) is 0. The maximum Gasteiger partial charge on any atom is 0.226 e. The molecule has 1 N–H and O–H groups in total. The molecule has 1 amide bonds. The number of carbonyl (C=O) groups excluding carboxylic acids is 1. The fraction of sp³-hybridized carbons (Fsp3) is 0.579. The molecule has 1 saturated heterocycles. The summed E-state index contributed by atoms with van der Waals surface area (Å²) >= 11 is 1.86. The first-order chi connectivity index (χ1) is 12.2. The van der Waals surface area contributed by atoms with Gasteiger partial charge >= 0.3 is 0 Å². The Hall–Kier alpha value is -1.66. The molecule has 2 aromatic heterocycles. The highest BCUT2D eigenvalue weighted by Crippen LogP contribution is 2.41. The van der Waals surface area contributed by atoms with Crippen molar-refractivity contribution in [2.75, 3.05) is 18.4 Å². The Morgan fingerprint density at radius 1 is 1.32 bits per heavy atom. The van der Waals surface area contributed by atoms with Crippen molar-refractivity contribution >= 4 is 23.1 Å². The molecule has 4 heterocycles. The molecule has 4 rings (SSSR count). The van der Waals surface area contributed by atoms with Gasteiger partial charge in [0.2, 0.25) is 5.91 Å². The van der Waals surface area contributed by atoms with Crippen LogP contribution in [-0.4, -0.2) is 33.7 Å². The molecule has 0 radical (unpaired) electrons. The van der Waals surface area contributed by atoms with Gasteiger partial charge in [0.25, 0.3) is 0 Å². The van der Waals surface area contributed by atoms with Crippen LogP contribution < -0.4 is 5.32 Å². The first-order valence-electron chi connectivity index (χ1n) is 9.33. The minimum Gasteiger partial charge on any atom is -0.311 e. The number of thiophene rings is 1. The molecule has 25 heavy (non-hydrogen) atoms. The number of nitrogens with zero attached hydrogens (tertiary/aromatic N) is 3. The molecule has 0 aromatic carbocycles. The van der Waals surface area contributed by atoms with Crippen LogP contribution in [0, 0.1) is 6.92 Å². The first kappa shape index (κ1) is 16.8. The molecule has 0 saturated carbocycles. The van der Waals surface area contributed by atoms with E-state index < -0.39 is 0 Å². The second-order valence-electron chi connectivity index (χ2n) is 7.16. The molecule has 6 heteroatoms. The molecule has 0 bridgehead atoms. The van der Waals surface area contributed by atoms with Gasteiger partial charge in [0.1, 0.15) is 5.82 Å². The van der Waals surface area contributed by atoms with Gasteiger partial charge in [-0.25, -0.2) is 4.68 Å². The predicted molar refractivity (Wildman–Crippen MR) is 101 cm³/mol. The van der Waals surface area contributed by atoms with Crippen LogP contribution in [0.25, 0.3) is 0 Å². The summed E-state index contributed by atoms with van der Waals surface area (Å²) in [5.74, 6) is 1.16. The third kappa shape index (κ3) is 3.25. The van der Waals surface area contributed by atoms with E-state index in [4.69, 9.17) is 0 Å². The average Bonchev–Trinajstić information content (AvgIpc) is 3.30. The Kier molecular flexibility index (Phi) is 4.65. The molecular weight excluding hydrogens is 332 g/mol. The van der Waals surface area contributed by atoms with Gasteiger partial charge in [-0.3, -0.25) is 9.69 Å². The van der Waals surface area contributed by atoms with Gasteiger partial charge < -0.3 is 5.32 Å². The van der Waals surface area contributed by atoms with E-state index in [0.29, 0.717) is 6.42 Å². The monoisotopic (exact) mass is 358 g/mol. The second-order valence-corrected chi connectivity index (χ2v) is 8.36. The fourth-order valence-corrected chi connectivity index (χ4v) is 5.22. The van der Waals surface area contributed by atoms with E-state index in [1.807, 2.05) is 16.0 Å². The summed E-state index contributed by atoms with van der Waals surface area (Å²) in [5, 5.41) is 7.74. The Morgan fingerprint density at radius 3 is 2.88 bits per heavy atom. The van der Waals surface area contributed by atoms with E-state index in [2.05, 4.69) is 41.3 Å². The summed E-state index contributed by atoms with van der Waals surface area (Å²) < 4.78 is 1.97. The van der Waals surface area contributed by atoms with Gasteiger partial charge in [-0.1, -0.05) is 6.92 Å². The molecule has 1 atom stereocenters. The van der Waals surface area contributed by atoms with E-state index in [1.54, 1.807) is 0 Å². The molecule has 2 aliphatic rings. The van der Waals surface area contributed by atoms with E-state index in [9.17, 15) is 4.79 Å². The summed E-state index contributed by atoms with van der Waals surface area (Å²) in [6.07, 6.45) is 4.17. The van der Waals surface area contributed by atoms with Gasteiger partial charge in [0.15, 0.2) is 0 Å². The topological polar surface area (TPSA) is 50.2 Å². The highest BCUT2D eigenvalue weighted by molar-refractivity contribution is 7.12. The number of aromatic nitrogens is 2. The van der Waals surface area contributed by atoms with Crippen LogP contribution >= 0.6 is 11.3 Å². The standard InChI is InChI=1S/C19H26N4OS/c1-3-8-23-19-18(13(2)21-23)15(11-17(24)20-19)16-7-6-14(25-16)12-22-9-4-5-10-22/h6-7,15H,3-5,8-12H2,1-2H3,(H,20,24)/t15-/m0/s1. The van der Waals surface area contributed by atoms with E-state index >= 15 is 0 Å². The van der Waals surface area contributed by atoms with Crippen LogP contribution in [-0.2, 0) is 17.9 Å². The Labute approximate surface area is 153 Å². The molecule has 0 aliphatic carbocycles. The van der Waals surface area contributed by atoms with Gasteiger partial charge in [-0.05, 0) is 51.4 Å². The average molecular weight is 359 g/mol.